The number of benzene rings is 1. The molecule has 0 aliphatic carbocycles. The van der Waals surface area contributed by atoms with Crippen LogP contribution in [0.25, 0.3) is 11.3 Å². The number of nitrogens with one attached hydrogen (secondary N) is 2. The zero-order chi connectivity index (χ0) is 19.3. The second-order valence-corrected chi connectivity index (χ2v) is 7.95. The minimum atomic E-state index is -3.60. The lowest BCUT2D eigenvalue weighted by Gasteiger charge is -2.07. The van der Waals surface area contributed by atoms with Gasteiger partial charge in [-0.3, -0.25) is 10.3 Å². The van der Waals surface area contributed by atoms with Crippen LogP contribution in [0.3, 0.4) is 0 Å². The van der Waals surface area contributed by atoms with Gasteiger partial charge >= 0.3 is 16.1 Å². The van der Waals surface area contributed by atoms with Gasteiger partial charge < -0.3 is 9.50 Å². The van der Waals surface area contributed by atoms with Crippen molar-refractivity contribution >= 4 is 32.6 Å². The van der Waals surface area contributed by atoms with Crippen LogP contribution in [0.2, 0.25) is 0 Å². The zero-order valence-corrected chi connectivity index (χ0v) is 15.9. The van der Waals surface area contributed by atoms with Gasteiger partial charge in [0, 0.05) is 29.9 Å². The van der Waals surface area contributed by atoms with Crippen molar-refractivity contribution in [3.05, 3.63) is 59.7 Å². The molecule has 2 aromatic heterocycles. The van der Waals surface area contributed by atoms with Crippen LogP contribution >= 0.6 is 11.3 Å². The highest BCUT2D eigenvalue weighted by Crippen LogP contribution is 2.24. The number of carbonyl (C=O) groups excluding carboxylic acids is 1. The van der Waals surface area contributed by atoms with E-state index < -0.39 is 16.1 Å². The van der Waals surface area contributed by atoms with E-state index in [-0.39, 0.29) is 12.3 Å². The van der Waals surface area contributed by atoms with Gasteiger partial charge in [0.1, 0.15) is 5.75 Å². The first-order valence-electron chi connectivity index (χ1n) is 7.78. The molecule has 1 aromatic carbocycles. The summed E-state index contributed by atoms with van der Waals surface area (Å²) < 4.78 is 27.2. The number of pyridine rings is 1. The van der Waals surface area contributed by atoms with Crippen LogP contribution in [-0.4, -0.2) is 30.7 Å². The third-order valence-corrected chi connectivity index (χ3v) is 4.55. The summed E-state index contributed by atoms with van der Waals surface area (Å²) in [6, 6.07) is 9.74. The van der Waals surface area contributed by atoms with E-state index in [0.717, 1.165) is 17.5 Å². The molecule has 27 heavy (non-hydrogen) atoms. The number of thiazole rings is 1. The maximum atomic E-state index is 12.1. The predicted octanol–water partition coefficient (Wildman–Crippen LogP) is 2.87. The summed E-state index contributed by atoms with van der Waals surface area (Å²) in [6.45, 7) is 0.204. The molecule has 2 N–H and O–H groups in total. The number of nitrogens with zero attached hydrogens (tertiary/aromatic N) is 2. The average molecular weight is 404 g/mol. The summed E-state index contributed by atoms with van der Waals surface area (Å²) in [7, 11) is -3.60. The molecule has 3 rings (SSSR count). The first-order chi connectivity index (χ1) is 12.9. The fourth-order valence-corrected chi connectivity index (χ4v) is 3.36. The molecule has 3 aromatic rings. The summed E-state index contributed by atoms with van der Waals surface area (Å²) in [5, 5.41) is 7.67. The molecule has 0 bridgehead atoms. The van der Waals surface area contributed by atoms with E-state index in [9.17, 15) is 13.2 Å². The molecule has 0 spiro atoms. The fourth-order valence-electron chi connectivity index (χ4n) is 2.19. The zero-order valence-electron chi connectivity index (χ0n) is 14.2. The van der Waals surface area contributed by atoms with Gasteiger partial charge in [-0.25, -0.2) is 9.78 Å². The largest absolute Gasteiger partial charge is 0.383 e. The van der Waals surface area contributed by atoms with Crippen molar-refractivity contribution in [1.82, 2.24) is 15.3 Å². The van der Waals surface area contributed by atoms with Crippen molar-refractivity contribution in [3.63, 3.8) is 0 Å². The highest BCUT2D eigenvalue weighted by molar-refractivity contribution is 7.86. The van der Waals surface area contributed by atoms with Crippen LogP contribution in [0.5, 0.6) is 5.75 Å². The molecule has 0 aliphatic rings. The summed E-state index contributed by atoms with van der Waals surface area (Å²) >= 11 is 1.31. The van der Waals surface area contributed by atoms with Gasteiger partial charge in [0.15, 0.2) is 5.13 Å². The Balaban J connectivity index is 1.56. The van der Waals surface area contributed by atoms with E-state index in [0.29, 0.717) is 10.7 Å². The number of rotatable bonds is 6. The highest BCUT2D eigenvalue weighted by Gasteiger charge is 2.09. The molecule has 0 fully saturated rings. The third-order valence-electron chi connectivity index (χ3n) is 3.30. The smallest absolute Gasteiger partial charge is 0.321 e. The van der Waals surface area contributed by atoms with Crippen LogP contribution in [0.1, 0.15) is 5.56 Å². The molecule has 10 heteroatoms. The maximum Gasteiger partial charge on any atom is 0.321 e. The minimum Gasteiger partial charge on any atom is -0.383 e. The van der Waals surface area contributed by atoms with E-state index in [2.05, 4.69) is 20.6 Å². The van der Waals surface area contributed by atoms with E-state index in [1.807, 2.05) is 17.5 Å². The van der Waals surface area contributed by atoms with Crippen molar-refractivity contribution in [2.45, 2.75) is 6.54 Å². The molecule has 0 saturated heterocycles. The van der Waals surface area contributed by atoms with Gasteiger partial charge in [-0.15, -0.1) is 11.3 Å². The summed E-state index contributed by atoms with van der Waals surface area (Å²) in [5.41, 5.74) is 2.36. The Kier molecular flexibility index (Phi) is 5.67. The van der Waals surface area contributed by atoms with Crippen molar-refractivity contribution in [1.29, 1.82) is 0 Å². The molecular formula is C17H16N4O4S2. The Morgan fingerprint density at radius 1 is 1.22 bits per heavy atom. The SMILES string of the molecule is CS(=O)(=O)Oc1cccc(CNC(=O)Nc2nc(-c3ccncc3)cs2)c1. The number of hydrogen-bond acceptors (Lipinski definition) is 7. The predicted molar refractivity (Wildman–Crippen MR) is 103 cm³/mol. The molecule has 2 heterocycles. The van der Waals surface area contributed by atoms with Crippen LogP contribution in [0.15, 0.2) is 54.2 Å². The van der Waals surface area contributed by atoms with Gasteiger partial charge in [-0.1, -0.05) is 12.1 Å². The lowest BCUT2D eigenvalue weighted by atomic mass is 10.2. The van der Waals surface area contributed by atoms with Crippen molar-refractivity contribution in [3.8, 4) is 17.0 Å². The average Bonchev–Trinajstić information content (AvgIpc) is 3.08. The Labute approximate surface area is 160 Å². The highest BCUT2D eigenvalue weighted by atomic mass is 32.2. The second kappa shape index (κ2) is 8.14. The quantitative estimate of drug-likeness (QED) is 0.611. The van der Waals surface area contributed by atoms with Gasteiger partial charge in [0.2, 0.25) is 0 Å². The monoisotopic (exact) mass is 404 g/mol. The van der Waals surface area contributed by atoms with Crippen molar-refractivity contribution < 1.29 is 17.4 Å². The van der Waals surface area contributed by atoms with Gasteiger partial charge in [-0.2, -0.15) is 8.42 Å². The molecule has 8 nitrogen and oxygen atoms in total. The Morgan fingerprint density at radius 2 is 2.00 bits per heavy atom. The second-order valence-electron chi connectivity index (χ2n) is 5.52. The summed E-state index contributed by atoms with van der Waals surface area (Å²) in [4.78, 5) is 20.4. The van der Waals surface area contributed by atoms with E-state index in [4.69, 9.17) is 4.18 Å². The number of urea groups is 1. The Bertz CT molecular complexity index is 1040. The van der Waals surface area contributed by atoms with Crippen molar-refractivity contribution in [2.75, 3.05) is 11.6 Å². The maximum absolute atomic E-state index is 12.1. The van der Waals surface area contributed by atoms with E-state index in [1.54, 1.807) is 30.6 Å². The first kappa shape index (κ1) is 18.8. The van der Waals surface area contributed by atoms with Gasteiger partial charge in [-0.05, 0) is 29.8 Å². The number of anilines is 1. The number of carbonyl (C=O) groups is 1. The van der Waals surface area contributed by atoms with Crippen LogP contribution in [0, 0.1) is 0 Å². The van der Waals surface area contributed by atoms with Gasteiger partial charge in [0.05, 0.1) is 11.9 Å². The van der Waals surface area contributed by atoms with Crippen LogP contribution < -0.4 is 14.8 Å². The molecule has 0 radical (unpaired) electrons. The lowest BCUT2D eigenvalue weighted by molar-refractivity contribution is 0.251. The first-order valence-corrected chi connectivity index (χ1v) is 10.5. The number of aromatic nitrogens is 2. The van der Waals surface area contributed by atoms with Crippen LogP contribution in [-0.2, 0) is 16.7 Å². The molecule has 0 atom stereocenters. The molecule has 0 aliphatic heterocycles. The van der Waals surface area contributed by atoms with E-state index >= 15 is 0 Å². The minimum absolute atomic E-state index is 0.194. The third kappa shape index (κ3) is 5.76. The molecule has 0 saturated carbocycles. The summed E-state index contributed by atoms with van der Waals surface area (Å²) in [6.07, 6.45) is 4.33. The van der Waals surface area contributed by atoms with E-state index in [1.165, 1.54) is 17.4 Å². The lowest BCUT2D eigenvalue weighted by Crippen LogP contribution is -2.28. The fraction of sp³-hybridized carbons (Fsp3) is 0.118. The standard InChI is InChI=1S/C17H16N4O4S2/c1-27(23,24)25-14-4-2-3-12(9-14)10-19-16(22)21-17-20-15(11-26-17)13-5-7-18-8-6-13/h2-9,11H,10H2,1H3,(H2,19,20,21,22). The molecule has 2 amide bonds. The Hall–Kier alpha value is -2.98. The number of amides is 2. The summed E-state index contributed by atoms with van der Waals surface area (Å²) in [5.74, 6) is 0.194. The topological polar surface area (TPSA) is 110 Å². The molecular weight excluding hydrogens is 388 g/mol. The Morgan fingerprint density at radius 3 is 2.74 bits per heavy atom. The normalized spacial score (nSPS) is 11.0. The van der Waals surface area contributed by atoms with Crippen LogP contribution in [0.4, 0.5) is 9.93 Å². The molecule has 0 unspecified atom stereocenters. The number of hydrogen-bond donors (Lipinski definition) is 2. The van der Waals surface area contributed by atoms with Gasteiger partial charge in [0.25, 0.3) is 0 Å². The molecule has 140 valence electrons. The van der Waals surface area contributed by atoms with Crippen molar-refractivity contribution in [2.24, 2.45) is 0 Å².